The molecule has 0 bridgehead atoms. The van der Waals surface area contributed by atoms with Gasteiger partial charge < -0.3 is 19.8 Å². The number of methoxy groups -OCH3 is 2. The van der Waals surface area contributed by atoms with Gasteiger partial charge in [0.05, 0.1) is 20.3 Å². The molecule has 1 atom stereocenters. The van der Waals surface area contributed by atoms with Crippen molar-refractivity contribution >= 4 is 10.9 Å². The average Bonchev–Trinajstić information content (AvgIpc) is 3.01. The summed E-state index contributed by atoms with van der Waals surface area (Å²) in [5, 5.41) is 5.09. The molecule has 1 aromatic heterocycles. The Bertz CT molecular complexity index is 958. The lowest BCUT2D eigenvalue weighted by Gasteiger charge is -2.25. The van der Waals surface area contributed by atoms with Gasteiger partial charge in [0.25, 0.3) is 0 Å². The van der Waals surface area contributed by atoms with Crippen LogP contribution in [0.5, 0.6) is 11.5 Å². The molecule has 136 valence electrons. The van der Waals surface area contributed by atoms with Gasteiger partial charge in [-0.3, -0.25) is 0 Å². The van der Waals surface area contributed by atoms with Gasteiger partial charge in [0.2, 0.25) is 0 Å². The van der Waals surface area contributed by atoms with Gasteiger partial charge in [0.15, 0.2) is 11.5 Å². The molecular weight excluding hydrogens is 324 g/mol. The number of nitrogens with one attached hydrogen (secondary N) is 2. The normalized spacial score (nSPS) is 16.5. The molecule has 4 heteroatoms. The Kier molecular flexibility index (Phi) is 4.37. The molecule has 0 saturated carbocycles. The van der Waals surface area contributed by atoms with Gasteiger partial charge in [0.1, 0.15) is 0 Å². The standard InChI is InChI=1S/C22H26N2O2/c1-13-9-14(2)21-16-7-8-23-18(22(16)24-17(21)10-13)11-15-5-6-19(25-3)20(12-15)26-4/h5-6,9-10,12,18,23-24H,7-8,11H2,1-4H3/t18-/m0/s1. The average molecular weight is 350 g/mol. The Hall–Kier alpha value is -2.46. The molecule has 2 N–H and O–H groups in total. The predicted octanol–water partition coefficient (Wildman–Crippen LogP) is 4.23. The van der Waals surface area contributed by atoms with E-state index in [0.29, 0.717) is 0 Å². The van der Waals surface area contributed by atoms with E-state index in [1.807, 2.05) is 6.07 Å². The fourth-order valence-corrected chi connectivity index (χ4v) is 4.27. The number of H-pyrrole nitrogens is 1. The summed E-state index contributed by atoms with van der Waals surface area (Å²) in [6, 6.07) is 11.0. The molecule has 4 rings (SSSR count). The molecule has 4 nitrogen and oxygen atoms in total. The lowest BCUT2D eigenvalue weighted by atomic mass is 9.93. The summed E-state index contributed by atoms with van der Waals surface area (Å²) in [6.45, 7) is 5.38. The number of benzene rings is 2. The molecule has 1 aliphatic heterocycles. The summed E-state index contributed by atoms with van der Waals surface area (Å²) in [7, 11) is 3.35. The van der Waals surface area contributed by atoms with Crippen LogP contribution in [0.4, 0.5) is 0 Å². The van der Waals surface area contributed by atoms with E-state index in [9.17, 15) is 0 Å². The highest BCUT2D eigenvalue weighted by Crippen LogP contribution is 2.35. The Morgan fingerprint density at radius 1 is 1.04 bits per heavy atom. The quantitative estimate of drug-likeness (QED) is 0.740. The molecule has 1 aliphatic rings. The van der Waals surface area contributed by atoms with Crippen LogP contribution in [0.2, 0.25) is 0 Å². The minimum Gasteiger partial charge on any atom is -0.493 e. The molecule has 0 aliphatic carbocycles. The molecule has 2 heterocycles. The molecule has 0 radical (unpaired) electrons. The predicted molar refractivity (Wildman–Crippen MR) is 105 cm³/mol. The molecule has 26 heavy (non-hydrogen) atoms. The molecular formula is C22H26N2O2. The van der Waals surface area contributed by atoms with E-state index in [2.05, 4.69) is 48.4 Å². The lowest BCUT2D eigenvalue weighted by molar-refractivity contribution is 0.354. The van der Waals surface area contributed by atoms with Crippen molar-refractivity contribution in [3.8, 4) is 11.5 Å². The third kappa shape index (κ3) is 2.84. The van der Waals surface area contributed by atoms with Gasteiger partial charge >= 0.3 is 0 Å². The number of rotatable bonds is 4. The summed E-state index contributed by atoms with van der Waals surface area (Å²) < 4.78 is 10.8. The second-order valence-corrected chi connectivity index (χ2v) is 7.17. The van der Waals surface area contributed by atoms with Crippen LogP contribution >= 0.6 is 0 Å². The van der Waals surface area contributed by atoms with Crippen molar-refractivity contribution in [3.05, 3.63) is 58.3 Å². The Labute approximate surface area is 154 Å². The zero-order valence-corrected chi connectivity index (χ0v) is 15.9. The fraction of sp³-hybridized carbons (Fsp3) is 0.364. The largest absolute Gasteiger partial charge is 0.493 e. The first-order chi connectivity index (χ1) is 12.6. The van der Waals surface area contributed by atoms with Crippen LogP contribution in [0.25, 0.3) is 10.9 Å². The molecule has 0 unspecified atom stereocenters. The van der Waals surface area contributed by atoms with Gasteiger partial charge in [-0.25, -0.2) is 0 Å². The second-order valence-electron chi connectivity index (χ2n) is 7.17. The van der Waals surface area contributed by atoms with Gasteiger partial charge in [-0.1, -0.05) is 12.1 Å². The number of hydrogen-bond donors (Lipinski definition) is 2. The highest BCUT2D eigenvalue weighted by molar-refractivity contribution is 5.89. The van der Waals surface area contributed by atoms with E-state index >= 15 is 0 Å². The molecule has 0 saturated heterocycles. The Balaban J connectivity index is 1.71. The molecule has 0 spiro atoms. The van der Waals surface area contributed by atoms with Crippen molar-refractivity contribution in [2.75, 3.05) is 20.8 Å². The first-order valence-corrected chi connectivity index (χ1v) is 9.16. The van der Waals surface area contributed by atoms with Gasteiger partial charge in [-0.2, -0.15) is 0 Å². The SMILES string of the molecule is COc1ccc(C[C@@H]2NCCc3c2[nH]c2cc(C)cc(C)c32)cc1OC. The summed E-state index contributed by atoms with van der Waals surface area (Å²) in [5.41, 5.74) is 7.96. The highest BCUT2D eigenvalue weighted by atomic mass is 16.5. The molecule has 2 aromatic carbocycles. The van der Waals surface area contributed by atoms with Crippen LogP contribution in [0.15, 0.2) is 30.3 Å². The summed E-state index contributed by atoms with van der Waals surface area (Å²) >= 11 is 0. The van der Waals surface area contributed by atoms with Crippen molar-refractivity contribution in [2.45, 2.75) is 32.7 Å². The second kappa shape index (κ2) is 6.69. The van der Waals surface area contributed by atoms with E-state index < -0.39 is 0 Å². The van der Waals surface area contributed by atoms with E-state index in [0.717, 1.165) is 30.9 Å². The highest BCUT2D eigenvalue weighted by Gasteiger charge is 2.25. The number of aromatic amines is 1. The van der Waals surface area contributed by atoms with Crippen molar-refractivity contribution < 1.29 is 9.47 Å². The summed E-state index contributed by atoms with van der Waals surface area (Å²) in [6.07, 6.45) is 1.99. The minimum absolute atomic E-state index is 0.281. The third-order valence-electron chi connectivity index (χ3n) is 5.38. The lowest BCUT2D eigenvalue weighted by Crippen LogP contribution is -2.31. The Morgan fingerprint density at radius 3 is 2.62 bits per heavy atom. The first kappa shape index (κ1) is 17.0. The molecule has 3 aromatic rings. The number of aromatic nitrogens is 1. The van der Waals surface area contributed by atoms with Gasteiger partial charge in [0, 0.05) is 16.6 Å². The van der Waals surface area contributed by atoms with Crippen LogP contribution in [0, 0.1) is 13.8 Å². The minimum atomic E-state index is 0.281. The molecule has 0 fully saturated rings. The van der Waals surface area contributed by atoms with Crippen LogP contribution in [0.1, 0.15) is 34.0 Å². The van der Waals surface area contributed by atoms with E-state index in [1.54, 1.807) is 14.2 Å². The van der Waals surface area contributed by atoms with Crippen LogP contribution in [0.3, 0.4) is 0 Å². The topological polar surface area (TPSA) is 46.3 Å². The van der Waals surface area contributed by atoms with Crippen LogP contribution in [-0.2, 0) is 12.8 Å². The maximum absolute atomic E-state index is 5.46. The number of hydrogen-bond acceptors (Lipinski definition) is 3. The van der Waals surface area contributed by atoms with Crippen molar-refractivity contribution in [1.82, 2.24) is 10.3 Å². The summed E-state index contributed by atoms with van der Waals surface area (Å²) in [5.74, 6) is 1.55. The van der Waals surface area contributed by atoms with Crippen molar-refractivity contribution in [2.24, 2.45) is 0 Å². The zero-order valence-electron chi connectivity index (χ0n) is 15.9. The van der Waals surface area contributed by atoms with Crippen LogP contribution < -0.4 is 14.8 Å². The first-order valence-electron chi connectivity index (χ1n) is 9.16. The monoisotopic (exact) mass is 350 g/mol. The van der Waals surface area contributed by atoms with E-state index in [-0.39, 0.29) is 6.04 Å². The summed E-state index contributed by atoms with van der Waals surface area (Å²) in [4.78, 5) is 3.70. The smallest absolute Gasteiger partial charge is 0.160 e. The van der Waals surface area contributed by atoms with Crippen molar-refractivity contribution in [3.63, 3.8) is 0 Å². The number of ether oxygens (including phenoxy) is 2. The van der Waals surface area contributed by atoms with E-state index in [4.69, 9.17) is 9.47 Å². The maximum Gasteiger partial charge on any atom is 0.160 e. The van der Waals surface area contributed by atoms with Crippen molar-refractivity contribution in [1.29, 1.82) is 0 Å². The maximum atomic E-state index is 5.46. The fourth-order valence-electron chi connectivity index (χ4n) is 4.27. The molecule has 0 amide bonds. The number of aryl methyl sites for hydroxylation is 2. The third-order valence-corrected chi connectivity index (χ3v) is 5.38. The van der Waals surface area contributed by atoms with Gasteiger partial charge in [-0.05, 0) is 73.7 Å². The van der Waals surface area contributed by atoms with E-state index in [1.165, 1.54) is 38.9 Å². The number of fused-ring (bicyclic) bond motifs is 3. The zero-order chi connectivity index (χ0) is 18.3. The van der Waals surface area contributed by atoms with Crippen LogP contribution in [-0.4, -0.2) is 25.7 Å². The Morgan fingerprint density at radius 2 is 1.85 bits per heavy atom. The van der Waals surface area contributed by atoms with Gasteiger partial charge in [-0.15, -0.1) is 0 Å².